The van der Waals surface area contributed by atoms with E-state index in [0.717, 1.165) is 0 Å². The number of cyclic esters (lactones) is 1. The van der Waals surface area contributed by atoms with Gasteiger partial charge in [-0.25, -0.2) is 4.79 Å². The quantitative estimate of drug-likeness (QED) is 0.185. The van der Waals surface area contributed by atoms with Crippen LogP contribution in [0.3, 0.4) is 0 Å². The molecular formula is C36H60O11. The van der Waals surface area contributed by atoms with Gasteiger partial charge in [0.2, 0.25) is 0 Å². The molecule has 0 aromatic heterocycles. The molecule has 0 saturated carbocycles. The minimum Gasteiger partial charge on any atom is -0.459 e. The van der Waals surface area contributed by atoms with Crippen molar-refractivity contribution >= 4 is 5.97 Å². The SMILES string of the molecule is CC(C)C1OC(=O)\C=C/C=C/C=C/C=C/C=C/CC(O)C(C)C(O)CC(O)CC(O)CC(O)CCC(O)C(O)CC(O)CC(O)C1C. The minimum absolute atomic E-state index is 0.0218. The van der Waals surface area contributed by atoms with Crippen molar-refractivity contribution in [2.75, 3.05) is 0 Å². The lowest BCUT2D eigenvalue weighted by Gasteiger charge is -2.31. The summed E-state index contributed by atoms with van der Waals surface area (Å²) in [5.41, 5.74) is 0. The number of carbonyl (C=O) groups is 1. The highest BCUT2D eigenvalue weighted by molar-refractivity contribution is 5.82. The van der Waals surface area contributed by atoms with Crippen molar-refractivity contribution in [3.63, 3.8) is 0 Å². The second kappa shape index (κ2) is 23.2. The molecule has 12 atom stereocenters. The Hall–Kier alpha value is -2.19. The summed E-state index contributed by atoms with van der Waals surface area (Å²) in [7, 11) is 0. The summed E-state index contributed by atoms with van der Waals surface area (Å²) in [6.45, 7) is 7.09. The lowest BCUT2D eigenvalue weighted by atomic mass is 9.86. The molecule has 0 bridgehead atoms. The van der Waals surface area contributed by atoms with Crippen LogP contribution in [0, 0.1) is 17.8 Å². The molecule has 0 aromatic rings. The Morgan fingerprint density at radius 3 is 1.62 bits per heavy atom. The van der Waals surface area contributed by atoms with Crippen LogP contribution in [0.2, 0.25) is 0 Å². The van der Waals surface area contributed by atoms with Crippen LogP contribution in [0.4, 0.5) is 0 Å². The van der Waals surface area contributed by atoms with Crippen molar-refractivity contribution in [2.24, 2.45) is 17.8 Å². The molecule has 0 aliphatic carbocycles. The Morgan fingerprint density at radius 2 is 1.02 bits per heavy atom. The summed E-state index contributed by atoms with van der Waals surface area (Å²) >= 11 is 0. The van der Waals surface area contributed by atoms with Gasteiger partial charge in [0.25, 0.3) is 0 Å². The summed E-state index contributed by atoms with van der Waals surface area (Å²) in [5, 5.41) is 94.2. The van der Waals surface area contributed by atoms with Crippen LogP contribution < -0.4 is 0 Å². The number of hydrogen-bond acceptors (Lipinski definition) is 11. The maximum absolute atomic E-state index is 12.4. The average molecular weight is 669 g/mol. The van der Waals surface area contributed by atoms with E-state index in [9.17, 15) is 50.8 Å². The van der Waals surface area contributed by atoms with Gasteiger partial charge in [-0.15, -0.1) is 0 Å². The van der Waals surface area contributed by atoms with Gasteiger partial charge in [-0.1, -0.05) is 82.4 Å². The second-order valence-electron chi connectivity index (χ2n) is 13.2. The highest BCUT2D eigenvalue weighted by atomic mass is 16.5. The van der Waals surface area contributed by atoms with Gasteiger partial charge in [0.15, 0.2) is 0 Å². The van der Waals surface area contributed by atoms with E-state index < -0.39 is 78.8 Å². The van der Waals surface area contributed by atoms with Crippen LogP contribution in [0.5, 0.6) is 0 Å². The number of allylic oxidation sites excluding steroid dienone is 8. The molecular weight excluding hydrogens is 608 g/mol. The van der Waals surface area contributed by atoms with Crippen LogP contribution in [-0.2, 0) is 9.53 Å². The highest BCUT2D eigenvalue weighted by Crippen LogP contribution is 2.25. The first-order valence-corrected chi connectivity index (χ1v) is 16.8. The first-order chi connectivity index (χ1) is 22.1. The molecule has 270 valence electrons. The molecule has 11 nitrogen and oxygen atoms in total. The number of carbonyl (C=O) groups excluding carboxylic acids is 1. The largest absolute Gasteiger partial charge is 0.459 e. The molecule has 0 spiro atoms. The maximum Gasteiger partial charge on any atom is 0.331 e. The third kappa shape index (κ3) is 18.2. The monoisotopic (exact) mass is 668 g/mol. The third-order valence-corrected chi connectivity index (χ3v) is 8.64. The summed E-state index contributed by atoms with van der Waals surface area (Å²) < 4.78 is 5.61. The topological polar surface area (TPSA) is 208 Å². The smallest absolute Gasteiger partial charge is 0.331 e. The Bertz CT molecular complexity index is 1010. The second-order valence-corrected chi connectivity index (χ2v) is 13.2. The fourth-order valence-electron chi connectivity index (χ4n) is 5.54. The molecule has 0 fully saturated rings. The Kier molecular flexibility index (Phi) is 21.2. The molecule has 11 heteroatoms. The van der Waals surface area contributed by atoms with Crippen molar-refractivity contribution < 1.29 is 55.5 Å². The van der Waals surface area contributed by atoms with Crippen molar-refractivity contribution in [1.82, 2.24) is 0 Å². The molecule has 9 N–H and O–H groups in total. The summed E-state index contributed by atoms with van der Waals surface area (Å²) in [5.74, 6) is -1.79. The van der Waals surface area contributed by atoms with E-state index in [-0.39, 0.29) is 57.3 Å². The van der Waals surface area contributed by atoms with E-state index in [1.54, 1.807) is 62.5 Å². The molecule has 0 saturated heterocycles. The van der Waals surface area contributed by atoms with Gasteiger partial charge >= 0.3 is 5.97 Å². The minimum atomic E-state index is -1.34. The Labute approximate surface area is 279 Å². The molecule has 0 amide bonds. The lowest BCUT2D eigenvalue weighted by molar-refractivity contribution is -0.151. The molecule has 1 aliphatic heterocycles. The third-order valence-electron chi connectivity index (χ3n) is 8.64. The number of aliphatic hydroxyl groups excluding tert-OH is 9. The van der Waals surface area contributed by atoms with Gasteiger partial charge in [-0.3, -0.25) is 0 Å². The van der Waals surface area contributed by atoms with Crippen molar-refractivity contribution in [2.45, 2.75) is 140 Å². The summed E-state index contributed by atoms with van der Waals surface area (Å²) in [6, 6.07) is 0. The first kappa shape index (κ1) is 42.8. The van der Waals surface area contributed by atoms with Gasteiger partial charge in [0.1, 0.15) is 6.10 Å². The van der Waals surface area contributed by atoms with E-state index in [0.29, 0.717) is 0 Å². The molecule has 0 aromatic carbocycles. The van der Waals surface area contributed by atoms with Crippen LogP contribution in [0.25, 0.3) is 0 Å². The molecule has 1 aliphatic rings. The average Bonchev–Trinajstić information content (AvgIpc) is 2.99. The molecule has 1 heterocycles. The number of esters is 1. The summed E-state index contributed by atoms with van der Waals surface area (Å²) in [4.78, 5) is 12.4. The van der Waals surface area contributed by atoms with Crippen molar-refractivity contribution in [3.05, 3.63) is 60.8 Å². The zero-order valence-corrected chi connectivity index (χ0v) is 28.3. The first-order valence-electron chi connectivity index (χ1n) is 16.8. The van der Waals surface area contributed by atoms with Crippen LogP contribution in [0.15, 0.2) is 60.8 Å². The normalized spacial score (nSPS) is 41.0. The lowest BCUT2D eigenvalue weighted by Crippen LogP contribution is -2.39. The fourth-order valence-corrected chi connectivity index (χ4v) is 5.54. The predicted octanol–water partition coefficient (Wildman–Crippen LogP) is 1.99. The zero-order valence-electron chi connectivity index (χ0n) is 28.3. The number of rotatable bonds is 1. The van der Waals surface area contributed by atoms with Crippen molar-refractivity contribution in [1.29, 1.82) is 0 Å². The maximum atomic E-state index is 12.4. The van der Waals surface area contributed by atoms with Crippen LogP contribution in [0.1, 0.15) is 79.1 Å². The predicted molar refractivity (Wildman–Crippen MR) is 180 cm³/mol. The number of hydrogen-bond donors (Lipinski definition) is 9. The van der Waals surface area contributed by atoms with Gasteiger partial charge < -0.3 is 50.7 Å². The summed E-state index contributed by atoms with van der Waals surface area (Å²) in [6.07, 6.45) is 5.94. The highest BCUT2D eigenvalue weighted by Gasteiger charge is 2.32. The van der Waals surface area contributed by atoms with Crippen LogP contribution >= 0.6 is 0 Å². The molecule has 0 radical (unpaired) electrons. The number of aliphatic hydroxyl groups is 9. The standard InChI is InChI=1S/C36H60O11/c1-23(2)36-25(4)33(44)21-29(40)22-34(45)31(42)17-16-26(37)18-27(38)19-28(39)20-32(43)24(3)30(41)14-12-10-8-6-5-7-9-11-13-15-35(46)47-36/h5-13,15,23-34,36-45H,14,16-22H2,1-4H3/b7-5+,8-6+,11-9+,12-10+,15-13-. The van der Waals surface area contributed by atoms with Crippen molar-refractivity contribution in [3.8, 4) is 0 Å². The van der Waals surface area contributed by atoms with E-state index in [1.165, 1.54) is 12.2 Å². The van der Waals surface area contributed by atoms with E-state index >= 15 is 0 Å². The Morgan fingerprint density at radius 1 is 0.553 bits per heavy atom. The number of ether oxygens (including phenoxy) is 1. The van der Waals surface area contributed by atoms with Gasteiger partial charge in [0.05, 0.1) is 54.9 Å². The molecule has 47 heavy (non-hydrogen) atoms. The molecule has 12 unspecified atom stereocenters. The van der Waals surface area contributed by atoms with E-state index in [4.69, 9.17) is 4.74 Å². The van der Waals surface area contributed by atoms with E-state index in [2.05, 4.69) is 0 Å². The van der Waals surface area contributed by atoms with Crippen LogP contribution in [-0.4, -0.2) is 113 Å². The Balaban J connectivity index is 2.99. The zero-order chi connectivity index (χ0) is 35.5. The molecule has 1 rings (SSSR count). The fraction of sp³-hybridized carbons (Fsp3) is 0.694. The van der Waals surface area contributed by atoms with Gasteiger partial charge in [-0.2, -0.15) is 0 Å². The van der Waals surface area contributed by atoms with Gasteiger partial charge in [0, 0.05) is 24.3 Å². The van der Waals surface area contributed by atoms with Gasteiger partial charge in [-0.05, 0) is 50.9 Å². The van der Waals surface area contributed by atoms with E-state index in [1.807, 2.05) is 13.8 Å².